The SMILES string of the molecule is CN(C)c1cccc(-c2ccnc(NC(=O)C3CCNCC3)n2)c1. The van der Waals surface area contributed by atoms with Crippen LogP contribution in [0.2, 0.25) is 0 Å². The molecule has 1 amide bonds. The molecule has 1 aromatic heterocycles. The Labute approximate surface area is 142 Å². The van der Waals surface area contributed by atoms with Gasteiger partial charge in [0.2, 0.25) is 11.9 Å². The standard InChI is InChI=1S/C18H23N5O/c1-23(2)15-5-3-4-14(12-15)16-8-11-20-18(21-16)22-17(24)13-6-9-19-10-7-13/h3-5,8,11-13,19H,6-7,9-10H2,1-2H3,(H,20,21,22,24). The third-order valence-corrected chi connectivity index (χ3v) is 4.26. The minimum absolute atomic E-state index is 0.00990. The van der Waals surface area contributed by atoms with Crippen LogP contribution >= 0.6 is 0 Å². The first-order chi connectivity index (χ1) is 11.6. The lowest BCUT2D eigenvalue weighted by atomic mass is 9.97. The number of amides is 1. The monoisotopic (exact) mass is 325 g/mol. The largest absolute Gasteiger partial charge is 0.378 e. The number of nitrogens with zero attached hydrogens (tertiary/aromatic N) is 3. The van der Waals surface area contributed by atoms with Crippen LogP contribution in [0.15, 0.2) is 36.5 Å². The molecule has 2 heterocycles. The van der Waals surface area contributed by atoms with E-state index in [1.807, 2.05) is 43.3 Å². The Bertz CT molecular complexity index is 710. The van der Waals surface area contributed by atoms with Crippen molar-refractivity contribution in [1.29, 1.82) is 0 Å². The van der Waals surface area contributed by atoms with E-state index in [-0.39, 0.29) is 11.8 Å². The molecule has 0 bridgehead atoms. The van der Waals surface area contributed by atoms with Crippen molar-refractivity contribution < 1.29 is 4.79 Å². The summed E-state index contributed by atoms with van der Waals surface area (Å²) in [5.74, 6) is 0.414. The van der Waals surface area contributed by atoms with E-state index in [2.05, 4.69) is 26.7 Å². The normalized spacial score (nSPS) is 15.1. The second-order valence-electron chi connectivity index (χ2n) is 6.22. The molecule has 0 atom stereocenters. The molecule has 1 fully saturated rings. The fraction of sp³-hybridized carbons (Fsp3) is 0.389. The van der Waals surface area contributed by atoms with Crippen LogP contribution in [0.1, 0.15) is 12.8 Å². The second kappa shape index (κ2) is 7.40. The van der Waals surface area contributed by atoms with Gasteiger partial charge in [-0.1, -0.05) is 12.1 Å². The maximum atomic E-state index is 12.3. The maximum Gasteiger partial charge on any atom is 0.229 e. The van der Waals surface area contributed by atoms with Crippen molar-refractivity contribution in [2.24, 2.45) is 5.92 Å². The summed E-state index contributed by atoms with van der Waals surface area (Å²) in [5.41, 5.74) is 2.90. The molecular weight excluding hydrogens is 302 g/mol. The van der Waals surface area contributed by atoms with Crippen molar-refractivity contribution >= 4 is 17.5 Å². The minimum atomic E-state index is 0.00990. The highest BCUT2D eigenvalue weighted by atomic mass is 16.2. The predicted molar refractivity (Wildman–Crippen MR) is 96.0 cm³/mol. The first-order valence-corrected chi connectivity index (χ1v) is 8.26. The molecule has 1 aliphatic rings. The molecule has 6 nitrogen and oxygen atoms in total. The molecule has 2 aromatic rings. The van der Waals surface area contributed by atoms with E-state index in [1.165, 1.54) is 0 Å². The van der Waals surface area contributed by atoms with Gasteiger partial charge in [-0.2, -0.15) is 0 Å². The van der Waals surface area contributed by atoms with Gasteiger partial charge >= 0.3 is 0 Å². The number of anilines is 2. The van der Waals surface area contributed by atoms with E-state index in [4.69, 9.17) is 0 Å². The van der Waals surface area contributed by atoms with Crippen molar-refractivity contribution in [2.75, 3.05) is 37.4 Å². The van der Waals surface area contributed by atoms with Gasteiger partial charge in [0, 0.05) is 37.5 Å². The van der Waals surface area contributed by atoms with Gasteiger partial charge in [0.15, 0.2) is 0 Å². The summed E-state index contributed by atoms with van der Waals surface area (Å²) >= 11 is 0. The fourth-order valence-corrected chi connectivity index (χ4v) is 2.82. The molecule has 2 N–H and O–H groups in total. The van der Waals surface area contributed by atoms with E-state index < -0.39 is 0 Å². The number of hydrogen-bond acceptors (Lipinski definition) is 5. The lowest BCUT2D eigenvalue weighted by Crippen LogP contribution is -2.34. The van der Waals surface area contributed by atoms with Crippen molar-refractivity contribution in [3.05, 3.63) is 36.5 Å². The van der Waals surface area contributed by atoms with Gasteiger partial charge < -0.3 is 10.2 Å². The van der Waals surface area contributed by atoms with Crippen LogP contribution in [-0.2, 0) is 4.79 Å². The highest BCUT2D eigenvalue weighted by Gasteiger charge is 2.21. The van der Waals surface area contributed by atoms with Gasteiger partial charge in [0.1, 0.15) is 0 Å². The van der Waals surface area contributed by atoms with Crippen LogP contribution in [0, 0.1) is 5.92 Å². The molecule has 0 spiro atoms. The first kappa shape index (κ1) is 16.4. The van der Waals surface area contributed by atoms with E-state index in [0.29, 0.717) is 5.95 Å². The van der Waals surface area contributed by atoms with Crippen LogP contribution in [-0.4, -0.2) is 43.1 Å². The molecule has 0 saturated carbocycles. The number of rotatable bonds is 4. The third kappa shape index (κ3) is 3.89. The van der Waals surface area contributed by atoms with Crippen LogP contribution in [0.25, 0.3) is 11.3 Å². The molecule has 3 rings (SSSR count). The Morgan fingerprint density at radius 2 is 2.04 bits per heavy atom. The summed E-state index contributed by atoms with van der Waals surface area (Å²) < 4.78 is 0. The highest BCUT2D eigenvalue weighted by Crippen LogP contribution is 2.23. The molecule has 1 aliphatic heterocycles. The summed E-state index contributed by atoms with van der Waals surface area (Å²) in [6.45, 7) is 1.77. The number of piperidine rings is 1. The number of benzene rings is 1. The molecule has 1 aromatic carbocycles. The number of hydrogen-bond donors (Lipinski definition) is 2. The lowest BCUT2D eigenvalue weighted by molar-refractivity contribution is -0.120. The Morgan fingerprint density at radius 3 is 2.79 bits per heavy atom. The number of carbonyl (C=O) groups excluding carboxylic acids is 1. The number of nitrogens with one attached hydrogen (secondary N) is 2. The maximum absolute atomic E-state index is 12.3. The topological polar surface area (TPSA) is 70.2 Å². The molecule has 0 unspecified atom stereocenters. The van der Waals surface area contributed by atoms with E-state index >= 15 is 0 Å². The quantitative estimate of drug-likeness (QED) is 0.901. The van der Waals surface area contributed by atoms with E-state index in [9.17, 15) is 4.79 Å². The Balaban J connectivity index is 1.76. The lowest BCUT2D eigenvalue weighted by Gasteiger charge is -2.21. The highest BCUT2D eigenvalue weighted by molar-refractivity contribution is 5.91. The summed E-state index contributed by atoms with van der Waals surface area (Å²) in [4.78, 5) is 23.1. The summed E-state index contributed by atoms with van der Waals surface area (Å²) in [5, 5.41) is 6.12. The zero-order valence-electron chi connectivity index (χ0n) is 14.1. The molecule has 6 heteroatoms. The number of carbonyl (C=O) groups is 1. The third-order valence-electron chi connectivity index (χ3n) is 4.26. The van der Waals surface area contributed by atoms with Crippen molar-refractivity contribution in [3.63, 3.8) is 0 Å². The number of aromatic nitrogens is 2. The zero-order valence-corrected chi connectivity index (χ0v) is 14.1. The average molecular weight is 325 g/mol. The van der Waals surface area contributed by atoms with Crippen LogP contribution in [0.5, 0.6) is 0 Å². The van der Waals surface area contributed by atoms with E-state index in [1.54, 1.807) is 6.20 Å². The van der Waals surface area contributed by atoms with Gasteiger partial charge in [-0.3, -0.25) is 10.1 Å². The van der Waals surface area contributed by atoms with E-state index in [0.717, 1.165) is 42.9 Å². The van der Waals surface area contributed by atoms with Crippen molar-refractivity contribution in [2.45, 2.75) is 12.8 Å². The molecular formula is C18H23N5O. The van der Waals surface area contributed by atoms with Crippen molar-refractivity contribution in [1.82, 2.24) is 15.3 Å². The molecule has 0 radical (unpaired) electrons. The van der Waals surface area contributed by atoms with Crippen LogP contribution in [0.4, 0.5) is 11.6 Å². The Hall–Kier alpha value is -2.47. The van der Waals surface area contributed by atoms with Gasteiger partial charge in [0.25, 0.3) is 0 Å². The molecule has 24 heavy (non-hydrogen) atoms. The van der Waals surface area contributed by atoms with Crippen molar-refractivity contribution in [3.8, 4) is 11.3 Å². The smallest absolute Gasteiger partial charge is 0.229 e. The molecule has 0 aliphatic carbocycles. The van der Waals surface area contributed by atoms with Crippen LogP contribution in [0.3, 0.4) is 0 Å². The zero-order chi connectivity index (χ0) is 16.9. The Morgan fingerprint density at radius 1 is 1.25 bits per heavy atom. The summed E-state index contributed by atoms with van der Waals surface area (Å²) in [6.07, 6.45) is 3.40. The van der Waals surface area contributed by atoms with Gasteiger partial charge in [-0.05, 0) is 44.1 Å². The Kier molecular flexibility index (Phi) is 5.05. The van der Waals surface area contributed by atoms with Gasteiger partial charge in [-0.15, -0.1) is 0 Å². The molecule has 126 valence electrons. The first-order valence-electron chi connectivity index (χ1n) is 8.26. The second-order valence-corrected chi connectivity index (χ2v) is 6.22. The summed E-state index contributed by atoms with van der Waals surface area (Å²) in [6, 6.07) is 9.98. The van der Waals surface area contributed by atoms with Gasteiger partial charge in [-0.25, -0.2) is 9.97 Å². The van der Waals surface area contributed by atoms with Crippen LogP contribution < -0.4 is 15.5 Å². The average Bonchev–Trinajstić information content (AvgIpc) is 2.63. The summed E-state index contributed by atoms with van der Waals surface area (Å²) in [7, 11) is 4.01. The fourth-order valence-electron chi connectivity index (χ4n) is 2.82. The minimum Gasteiger partial charge on any atom is -0.378 e. The molecule has 1 saturated heterocycles. The predicted octanol–water partition coefficient (Wildman–Crippen LogP) is 2.15. The van der Waals surface area contributed by atoms with Gasteiger partial charge in [0.05, 0.1) is 5.69 Å².